The van der Waals surface area contributed by atoms with E-state index in [1.165, 1.54) is 23.0 Å². The van der Waals surface area contributed by atoms with Crippen molar-refractivity contribution in [2.75, 3.05) is 43.1 Å². The summed E-state index contributed by atoms with van der Waals surface area (Å²) in [5, 5.41) is 7.03. The highest BCUT2D eigenvalue weighted by molar-refractivity contribution is 5.91. The third-order valence-electron chi connectivity index (χ3n) is 6.68. The summed E-state index contributed by atoms with van der Waals surface area (Å²) in [7, 11) is 0. The topological polar surface area (TPSA) is 81.0 Å². The van der Waals surface area contributed by atoms with Crippen LogP contribution in [-0.2, 0) is 17.3 Å². The van der Waals surface area contributed by atoms with Crippen LogP contribution in [0.5, 0.6) is 0 Å². The minimum absolute atomic E-state index is 0.361. The molecule has 0 unspecified atom stereocenters. The summed E-state index contributed by atoms with van der Waals surface area (Å²) in [6.07, 6.45) is 1.86. The van der Waals surface area contributed by atoms with Crippen LogP contribution in [-0.4, -0.2) is 57.6 Å². The minimum Gasteiger partial charge on any atom is -0.385 e. The minimum atomic E-state index is -4.62. The lowest BCUT2D eigenvalue weighted by molar-refractivity contribution is -0.141. The molecule has 0 atom stereocenters. The zero-order valence-corrected chi connectivity index (χ0v) is 20.4. The van der Waals surface area contributed by atoms with Gasteiger partial charge in [0.15, 0.2) is 5.69 Å². The molecular formula is C26H23F4N7O. The lowest BCUT2D eigenvalue weighted by Crippen LogP contribution is -2.37. The molecule has 4 heterocycles. The van der Waals surface area contributed by atoms with Crippen LogP contribution in [0.4, 0.5) is 29.2 Å². The van der Waals surface area contributed by atoms with E-state index >= 15 is 0 Å². The second kappa shape index (κ2) is 9.35. The summed E-state index contributed by atoms with van der Waals surface area (Å²) in [6, 6.07) is 3.73. The van der Waals surface area contributed by atoms with Gasteiger partial charge in [0, 0.05) is 73.2 Å². The van der Waals surface area contributed by atoms with Crippen molar-refractivity contribution in [2.24, 2.45) is 0 Å². The van der Waals surface area contributed by atoms with Crippen LogP contribution in [0, 0.1) is 5.82 Å². The van der Waals surface area contributed by atoms with Crippen LogP contribution in [0.3, 0.4) is 0 Å². The molecule has 196 valence electrons. The van der Waals surface area contributed by atoms with Gasteiger partial charge in [0.05, 0.1) is 24.6 Å². The summed E-state index contributed by atoms with van der Waals surface area (Å²) < 4.78 is 61.7. The second-order valence-corrected chi connectivity index (χ2v) is 9.04. The molecule has 0 radical (unpaired) electrons. The monoisotopic (exact) mass is 525 g/mol. The Morgan fingerprint density at radius 2 is 1.79 bits per heavy atom. The van der Waals surface area contributed by atoms with Crippen molar-refractivity contribution in [3.05, 3.63) is 65.8 Å². The molecule has 1 N–H and O–H groups in total. The van der Waals surface area contributed by atoms with Crippen molar-refractivity contribution >= 4 is 11.6 Å². The second-order valence-electron chi connectivity index (χ2n) is 9.04. The number of hydrogen-bond acceptors (Lipinski definition) is 7. The zero-order valence-electron chi connectivity index (χ0n) is 20.4. The van der Waals surface area contributed by atoms with Gasteiger partial charge in [-0.3, -0.25) is 4.98 Å². The summed E-state index contributed by atoms with van der Waals surface area (Å²) in [5.74, 6) is 0.0763. The molecule has 1 saturated heterocycles. The van der Waals surface area contributed by atoms with Gasteiger partial charge >= 0.3 is 6.18 Å². The van der Waals surface area contributed by atoms with Crippen LogP contribution < -0.4 is 10.2 Å². The molecule has 2 aliphatic rings. The van der Waals surface area contributed by atoms with Crippen molar-refractivity contribution in [2.45, 2.75) is 19.5 Å². The van der Waals surface area contributed by atoms with Gasteiger partial charge in [-0.25, -0.2) is 19.0 Å². The van der Waals surface area contributed by atoms with E-state index in [1.807, 2.05) is 11.8 Å². The SMILES string of the molecule is CCNc1cc(F)cc2c1Cc1ncc(-c3cnc(N4CCOCC4)nc3)c(-n3ccc(C(F)(F)F)n3)c1-2. The Balaban J connectivity index is 1.53. The van der Waals surface area contributed by atoms with Crippen molar-refractivity contribution < 1.29 is 22.3 Å². The normalized spacial score (nSPS) is 14.9. The van der Waals surface area contributed by atoms with Crippen LogP contribution in [0.1, 0.15) is 23.9 Å². The first kappa shape index (κ1) is 24.3. The molecule has 12 heteroatoms. The van der Waals surface area contributed by atoms with Crippen LogP contribution in [0.25, 0.3) is 27.9 Å². The van der Waals surface area contributed by atoms with Crippen LogP contribution in [0.15, 0.2) is 43.0 Å². The number of pyridine rings is 1. The molecule has 38 heavy (non-hydrogen) atoms. The number of alkyl halides is 3. The van der Waals surface area contributed by atoms with Crippen molar-refractivity contribution in [1.82, 2.24) is 24.7 Å². The van der Waals surface area contributed by atoms with Gasteiger partial charge < -0.3 is 15.0 Å². The smallest absolute Gasteiger partial charge is 0.385 e. The molecule has 0 bridgehead atoms. The molecule has 0 spiro atoms. The average Bonchev–Trinajstić information content (AvgIpc) is 3.55. The van der Waals surface area contributed by atoms with Gasteiger partial charge in [0.2, 0.25) is 5.95 Å². The van der Waals surface area contributed by atoms with E-state index in [-0.39, 0.29) is 0 Å². The summed E-state index contributed by atoms with van der Waals surface area (Å²) in [4.78, 5) is 15.6. The molecule has 1 aliphatic heterocycles. The highest BCUT2D eigenvalue weighted by Crippen LogP contribution is 2.46. The van der Waals surface area contributed by atoms with Crippen LogP contribution in [0.2, 0.25) is 0 Å². The van der Waals surface area contributed by atoms with Crippen molar-refractivity contribution in [1.29, 1.82) is 0 Å². The fourth-order valence-corrected chi connectivity index (χ4v) is 4.96. The Morgan fingerprint density at radius 3 is 2.47 bits per heavy atom. The van der Waals surface area contributed by atoms with Gasteiger partial charge in [-0.15, -0.1) is 0 Å². The number of nitrogens with one attached hydrogen (secondary N) is 1. The van der Waals surface area contributed by atoms with Gasteiger partial charge in [0.1, 0.15) is 5.82 Å². The van der Waals surface area contributed by atoms with Crippen molar-refractivity contribution in [3.8, 4) is 27.9 Å². The standard InChI is InChI=1S/C26H23F4N7O/c1-2-31-20-10-16(27)9-18-17(20)11-21-23(18)24(37-4-3-22(35-37)26(28,29)30)19(14-32-21)15-12-33-25(34-13-15)36-5-7-38-8-6-36/h3-4,9-10,12-14,31H,2,5-8,11H2,1H3. The lowest BCUT2D eigenvalue weighted by Gasteiger charge is -2.26. The van der Waals surface area contributed by atoms with E-state index in [4.69, 9.17) is 4.74 Å². The van der Waals surface area contributed by atoms with Gasteiger partial charge in [-0.2, -0.15) is 18.3 Å². The number of ether oxygens (including phenoxy) is 1. The quantitative estimate of drug-likeness (QED) is 0.333. The molecule has 1 fully saturated rings. The third kappa shape index (κ3) is 4.24. The number of aromatic nitrogens is 5. The molecule has 8 nitrogen and oxygen atoms in total. The molecule has 0 amide bonds. The molecule has 4 aromatic rings. The summed E-state index contributed by atoms with van der Waals surface area (Å²) in [5.41, 5.74) is 3.54. The van der Waals surface area contributed by atoms with Crippen LogP contribution >= 0.6 is 0 Å². The Morgan fingerprint density at radius 1 is 1.03 bits per heavy atom. The fourth-order valence-electron chi connectivity index (χ4n) is 4.96. The summed E-state index contributed by atoms with van der Waals surface area (Å²) in [6.45, 7) is 4.97. The zero-order chi connectivity index (χ0) is 26.4. The predicted octanol–water partition coefficient (Wildman–Crippen LogP) is 4.72. The Kier molecular flexibility index (Phi) is 5.98. The van der Waals surface area contributed by atoms with E-state index in [1.54, 1.807) is 18.6 Å². The first-order valence-electron chi connectivity index (χ1n) is 12.2. The third-order valence-corrected chi connectivity index (χ3v) is 6.68. The van der Waals surface area contributed by atoms with E-state index in [0.29, 0.717) is 84.5 Å². The maximum Gasteiger partial charge on any atom is 0.435 e. The Bertz CT molecular complexity index is 1490. The molecular weight excluding hydrogens is 502 g/mol. The number of benzene rings is 1. The van der Waals surface area contributed by atoms with Crippen molar-refractivity contribution in [3.63, 3.8) is 0 Å². The number of fused-ring (bicyclic) bond motifs is 3. The van der Waals surface area contributed by atoms with Gasteiger partial charge in [-0.1, -0.05) is 0 Å². The molecule has 6 rings (SSSR count). The number of hydrogen-bond donors (Lipinski definition) is 1. The van der Waals surface area contributed by atoms with E-state index in [9.17, 15) is 17.6 Å². The van der Waals surface area contributed by atoms with Gasteiger partial charge in [0.25, 0.3) is 0 Å². The first-order chi connectivity index (χ1) is 18.3. The average molecular weight is 526 g/mol. The molecule has 1 aromatic carbocycles. The maximum absolute atomic E-state index is 14.7. The lowest BCUT2D eigenvalue weighted by atomic mass is 9.99. The number of nitrogens with zero attached hydrogens (tertiary/aromatic N) is 6. The Hall–Kier alpha value is -4.06. The molecule has 0 saturated carbocycles. The number of morpholine rings is 1. The van der Waals surface area contributed by atoms with E-state index in [2.05, 4.69) is 25.4 Å². The van der Waals surface area contributed by atoms with E-state index in [0.717, 1.165) is 11.6 Å². The van der Waals surface area contributed by atoms with Gasteiger partial charge in [-0.05, 0) is 36.2 Å². The first-order valence-corrected chi connectivity index (χ1v) is 12.2. The molecule has 1 aliphatic carbocycles. The number of halogens is 4. The molecule has 3 aromatic heterocycles. The number of anilines is 2. The largest absolute Gasteiger partial charge is 0.435 e. The number of rotatable bonds is 5. The maximum atomic E-state index is 14.7. The highest BCUT2D eigenvalue weighted by Gasteiger charge is 2.35. The summed E-state index contributed by atoms with van der Waals surface area (Å²) >= 11 is 0. The highest BCUT2D eigenvalue weighted by atomic mass is 19.4. The Labute approximate surface area is 215 Å². The fraction of sp³-hybridized carbons (Fsp3) is 0.308. The predicted molar refractivity (Wildman–Crippen MR) is 133 cm³/mol. The van der Waals surface area contributed by atoms with E-state index < -0.39 is 17.7 Å².